The highest BCUT2D eigenvalue weighted by Crippen LogP contribution is 2.14. The Morgan fingerprint density at radius 2 is 1.77 bits per heavy atom. The zero-order valence-corrected chi connectivity index (χ0v) is 16.0. The van der Waals surface area contributed by atoms with Gasteiger partial charge in [-0.3, -0.25) is 9.59 Å². The summed E-state index contributed by atoms with van der Waals surface area (Å²) in [5, 5.41) is 5.84. The van der Waals surface area contributed by atoms with Gasteiger partial charge in [0.2, 0.25) is 5.91 Å². The Kier molecular flexibility index (Phi) is 6.96. The largest absolute Gasteiger partial charge is 0.340 e. The summed E-state index contributed by atoms with van der Waals surface area (Å²) >= 11 is 0. The number of rotatable bonds is 7. The molecule has 1 unspecified atom stereocenters. The minimum atomic E-state index is -0.576. The Bertz CT molecular complexity index is 768. The molecule has 0 saturated carbocycles. The van der Waals surface area contributed by atoms with E-state index in [1.807, 2.05) is 63.2 Å². The van der Waals surface area contributed by atoms with E-state index in [0.717, 1.165) is 23.2 Å². The number of hydrogen-bond acceptors (Lipinski definition) is 2. The number of nitrogens with one attached hydrogen (secondary N) is 2. The van der Waals surface area contributed by atoms with Crippen LogP contribution in [-0.2, 0) is 11.2 Å². The third kappa shape index (κ3) is 5.45. The van der Waals surface area contributed by atoms with E-state index in [4.69, 9.17) is 0 Å². The van der Waals surface area contributed by atoms with Gasteiger partial charge < -0.3 is 10.6 Å². The topological polar surface area (TPSA) is 58.2 Å². The van der Waals surface area contributed by atoms with Crippen molar-refractivity contribution in [2.45, 2.75) is 46.6 Å². The van der Waals surface area contributed by atoms with Gasteiger partial charge in [-0.05, 0) is 55.0 Å². The summed E-state index contributed by atoms with van der Waals surface area (Å²) < 4.78 is 0. The van der Waals surface area contributed by atoms with Gasteiger partial charge in [-0.15, -0.1) is 0 Å². The molecule has 2 amide bonds. The molecule has 0 aliphatic rings. The summed E-state index contributed by atoms with van der Waals surface area (Å²) in [6.45, 7) is 8.05. The first-order valence-electron chi connectivity index (χ1n) is 9.17. The van der Waals surface area contributed by atoms with Gasteiger partial charge in [0.25, 0.3) is 5.91 Å². The van der Waals surface area contributed by atoms with E-state index in [9.17, 15) is 9.59 Å². The molecule has 0 aliphatic carbocycles. The Morgan fingerprint density at radius 1 is 1.04 bits per heavy atom. The lowest BCUT2D eigenvalue weighted by Crippen LogP contribution is -2.44. The number of carbonyl (C=O) groups excluding carboxylic acids is 2. The maximum atomic E-state index is 12.8. The second-order valence-corrected chi connectivity index (χ2v) is 7.01. The molecule has 138 valence electrons. The SMILES string of the molecule is CCc1cccc(NC(=O)C(CC(C)C)NC(=O)c2ccccc2C)c1. The summed E-state index contributed by atoms with van der Waals surface area (Å²) in [5.74, 6) is -0.120. The van der Waals surface area contributed by atoms with Crippen LogP contribution < -0.4 is 10.6 Å². The molecule has 2 rings (SSSR count). The zero-order valence-electron chi connectivity index (χ0n) is 16.0. The predicted molar refractivity (Wildman–Crippen MR) is 106 cm³/mol. The second-order valence-electron chi connectivity index (χ2n) is 7.01. The molecular weight excluding hydrogens is 324 g/mol. The van der Waals surface area contributed by atoms with Gasteiger partial charge in [-0.25, -0.2) is 0 Å². The molecule has 0 saturated heterocycles. The molecule has 0 heterocycles. The molecule has 0 spiro atoms. The zero-order chi connectivity index (χ0) is 19.1. The number of amides is 2. The molecule has 0 aliphatic heterocycles. The van der Waals surface area contributed by atoms with Crippen molar-refractivity contribution in [1.82, 2.24) is 5.32 Å². The van der Waals surface area contributed by atoms with E-state index in [1.165, 1.54) is 0 Å². The van der Waals surface area contributed by atoms with Crippen LogP contribution in [0.4, 0.5) is 5.69 Å². The molecule has 0 fully saturated rings. The highest BCUT2D eigenvalue weighted by molar-refractivity contribution is 6.01. The third-order valence-corrected chi connectivity index (χ3v) is 4.32. The summed E-state index contributed by atoms with van der Waals surface area (Å²) in [7, 11) is 0. The molecule has 2 aromatic carbocycles. The summed E-state index contributed by atoms with van der Waals surface area (Å²) in [6.07, 6.45) is 1.49. The van der Waals surface area contributed by atoms with Crippen LogP contribution in [0.15, 0.2) is 48.5 Å². The minimum absolute atomic E-state index is 0.186. The normalized spacial score (nSPS) is 11.9. The number of benzene rings is 2. The predicted octanol–water partition coefficient (Wildman–Crippen LogP) is 4.34. The van der Waals surface area contributed by atoms with Crippen LogP contribution in [0, 0.1) is 12.8 Å². The van der Waals surface area contributed by atoms with Crippen LogP contribution in [-0.4, -0.2) is 17.9 Å². The van der Waals surface area contributed by atoms with Crippen molar-refractivity contribution in [2.75, 3.05) is 5.32 Å². The van der Waals surface area contributed by atoms with Crippen LogP contribution in [0.2, 0.25) is 0 Å². The van der Waals surface area contributed by atoms with E-state index in [1.54, 1.807) is 6.07 Å². The van der Waals surface area contributed by atoms with Crippen molar-refractivity contribution in [3.05, 3.63) is 65.2 Å². The van der Waals surface area contributed by atoms with Crippen molar-refractivity contribution < 1.29 is 9.59 Å². The van der Waals surface area contributed by atoms with Crippen LogP contribution in [0.5, 0.6) is 0 Å². The fraction of sp³-hybridized carbons (Fsp3) is 0.364. The second kappa shape index (κ2) is 9.18. The van der Waals surface area contributed by atoms with E-state index < -0.39 is 6.04 Å². The molecule has 26 heavy (non-hydrogen) atoms. The van der Waals surface area contributed by atoms with E-state index in [2.05, 4.69) is 17.6 Å². The van der Waals surface area contributed by atoms with Gasteiger partial charge in [0.15, 0.2) is 0 Å². The molecular formula is C22H28N2O2. The van der Waals surface area contributed by atoms with Gasteiger partial charge in [-0.1, -0.05) is 51.1 Å². The molecule has 4 nitrogen and oxygen atoms in total. The average molecular weight is 352 g/mol. The van der Waals surface area contributed by atoms with Crippen molar-refractivity contribution in [3.63, 3.8) is 0 Å². The first-order chi connectivity index (χ1) is 12.4. The highest BCUT2D eigenvalue weighted by Gasteiger charge is 2.23. The number of hydrogen-bond donors (Lipinski definition) is 2. The standard InChI is InChI=1S/C22H28N2O2/c1-5-17-10-8-11-18(14-17)23-22(26)20(13-15(2)3)24-21(25)19-12-7-6-9-16(19)4/h6-12,14-15,20H,5,13H2,1-4H3,(H,23,26)(H,24,25). The summed E-state index contributed by atoms with van der Waals surface area (Å²) in [5.41, 5.74) is 3.41. The van der Waals surface area contributed by atoms with Gasteiger partial charge in [0, 0.05) is 11.3 Å². The lowest BCUT2D eigenvalue weighted by atomic mass is 10.0. The Morgan fingerprint density at radius 3 is 2.42 bits per heavy atom. The first-order valence-corrected chi connectivity index (χ1v) is 9.17. The van der Waals surface area contributed by atoms with Crippen molar-refractivity contribution in [2.24, 2.45) is 5.92 Å². The fourth-order valence-electron chi connectivity index (χ4n) is 2.86. The molecule has 4 heteroatoms. The molecule has 0 aromatic heterocycles. The fourth-order valence-corrected chi connectivity index (χ4v) is 2.86. The van der Waals surface area contributed by atoms with E-state index in [0.29, 0.717) is 12.0 Å². The van der Waals surface area contributed by atoms with Crippen LogP contribution >= 0.6 is 0 Å². The van der Waals surface area contributed by atoms with Gasteiger partial charge in [0.05, 0.1) is 0 Å². The third-order valence-electron chi connectivity index (χ3n) is 4.32. The van der Waals surface area contributed by atoms with Crippen molar-refractivity contribution in [3.8, 4) is 0 Å². The maximum absolute atomic E-state index is 12.8. The van der Waals surface area contributed by atoms with E-state index >= 15 is 0 Å². The quantitative estimate of drug-likeness (QED) is 0.779. The Labute approximate surface area is 156 Å². The Hall–Kier alpha value is -2.62. The number of carbonyl (C=O) groups is 2. The maximum Gasteiger partial charge on any atom is 0.252 e. The highest BCUT2D eigenvalue weighted by atomic mass is 16.2. The minimum Gasteiger partial charge on any atom is -0.340 e. The van der Waals surface area contributed by atoms with Crippen LogP contribution in [0.3, 0.4) is 0 Å². The van der Waals surface area contributed by atoms with Crippen molar-refractivity contribution >= 4 is 17.5 Å². The smallest absolute Gasteiger partial charge is 0.252 e. The summed E-state index contributed by atoms with van der Waals surface area (Å²) in [4.78, 5) is 25.4. The van der Waals surface area contributed by atoms with Crippen molar-refractivity contribution in [1.29, 1.82) is 0 Å². The van der Waals surface area contributed by atoms with Crippen LogP contribution in [0.25, 0.3) is 0 Å². The number of aryl methyl sites for hydroxylation is 2. The van der Waals surface area contributed by atoms with Crippen LogP contribution in [0.1, 0.15) is 48.7 Å². The first kappa shape index (κ1) is 19.7. The monoisotopic (exact) mass is 352 g/mol. The molecule has 0 radical (unpaired) electrons. The summed E-state index contributed by atoms with van der Waals surface area (Å²) in [6, 6.07) is 14.6. The van der Waals surface area contributed by atoms with Gasteiger partial charge in [0.1, 0.15) is 6.04 Å². The molecule has 2 N–H and O–H groups in total. The van der Waals surface area contributed by atoms with Gasteiger partial charge in [-0.2, -0.15) is 0 Å². The molecule has 2 aromatic rings. The lowest BCUT2D eigenvalue weighted by molar-refractivity contribution is -0.118. The lowest BCUT2D eigenvalue weighted by Gasteiger charge is -2.21. The molecule has 1 atom stereocenters. The molecule has 0 bridgehead atoms. The van der Waals surface area contributed by atoms with Gasteiger partial charge >= 0.3 is 0 Å². The number of anilines is 1. The van der Waals surface area contributed by atoms with E-state index in [-0.39, 0.29) is 17.7 Å². The average Bonchev–Trinajstić information content (AvgIpc) is 2.61. The Balaban J connectivity index is 2.14.